The number of rotatable bonds is 2. The summed E-state index contributed by atoms with van der Waals surface area (Å²) in [5.41, 5.74) is -1.03. The van der Waals surface area contributed by atoms with Crippen molar-refractivity contribution in [1.29, 1.82) is 0 Å². The molecule has 9 heteroatoms. The molecule has 0 aromatic heterocycles. The Hall–Kier alpha value is -2.65. The second-order valence-corrected chi connectivity index (χ2v) is 7.56. The Bertz CT molecular complexity index is 1030. The summed E-state index contributed by atoms with van der Waals surface area (Å²) < 4.78 is 56.0. The third kappa shape index (κ3) is 3.56. The molecule has 2 heterocycles. The Morgan fingerprint density at radius 2 is 1.66 bits per heavy atom. The van der Waals surface area contributed by atoms with Crippen LogP contribution in [0, 0.1) is 12.7 Å². The molecule has 0 spiro atoms. The molecule has 2 aliphatic rings. The first kappa shape index (κ1) is 19.7. The number of alkyl halides is 3. The summed E-state index contributed by atoms with van der Waals surface area (Å²) in [6, 6.07) is 12.1. The topological polar surface area (TPSA) is 48.2 Å². The highest BCUT2D eigenvalue weighted by Gasteiger charge is 2.62. The van der Waals surface area contributed by atoms with Gasteiger partial charge in [0.1, 0.15) is 5.82 Å². The van der Waals surface area contributed by atoms with Gasteiger partial charge < -0.3 is 5.11 Å². The summed E-state index contributed by atoms with van der Waals surface area (Å²) in [7, 11) is 0. The molecule has 4 rings (SSSR count). The molecule has 0 fully saturated rings. The van der Waals surface area contributed by atoms with Crippen LogP contribution in [0.15, 0.2) is 64.0 Å². The number of hydrazone groups is 1. The zero-order chi connectivity index (χ0) is 20.8. The van der Waals surface area contributed by atoms with E-state index in [9.17, 15) is 22.7 Å². The number of aliphatic imine (C=N–C) groups is 1. The summed E-state index contributed by atoms with van der Waals surface area (Å²) in [6.45, 7) is 1.87. The van der Waals surface area contributed by atoms with Crippen LogP contribution in [0.25, 0.3) is 5.70 Å². The fourth-order valence-electron chi connectivity index (χ4n) is 3.01. The molecule has 4 nitrogen and oxygen atoms in total. The van der Waals surface area contributed by atoms with Gasteiger partial charge in [0.2, 0.25) is 5.60 Å². The molecular formula is C20H15F4N3OS. The lowest BCUT2D eigenvalue weighted by molar-refractivity contribution is -0.230. The zero-order valence-corrected chi connectivity index (χ0v) is 15.9. The van der Waals surface area contributed by atoms with E-state index < -0.39 is 29.9 Å². The fraction of sp³-hybridized carbons (Fsp3) is 0.200. The second-order valence-electron chi connectivity index (χ2n) is 6.77. The van der Waals surface area contributed by atoms with Crippen molar-refractivity contribution in [3.63, 3.8) is 0 Å². The summed E-state index contributed by atoms with van der Waals surface area (Å²) in [4.78, 5) is 4.05. The number of hydrogen-bond donors (Lipinski definition) is 1. The maximum Gasteiger partial charge on any atom is 0.425 e. The van der Waals surface area contributed by atoms with Gasteiger partial charge in [-0.25, -0.2) is 9.38 Å². The Morgan fingerprint density at radius 3 is 2.28 bits per heavy atom. The predicted octanol–water partition coefficient (Wildman–Crippen LogP) is 4.90. The lowest BCUT2D eigenvalue weighted by atomic mass is 9.89. The minimum atomic E-state index is -4.97. The highest BCUT2D eigenvalue weighted by Crippen LogP contribution is 2.44. The summed E-state index contributed by atoms with van der Waals surface area (Å²) in [5.74, 6) is -1.09. The van der Waals surface area contributed by atoms with Gasteiger partial charge in [-0.2, -0.15) is 22.7 Å². The van der Waals surface area contributed by atoms with Crippen LogP contribution in [0.2, 0.25) is 0 Å². The number of hydrogen-bond acceptors (Lipinski definition) is 5. The van der Waals surface area contributed by atoms with Gasteiger partial charge in [-0.15, -0.1) is 0 Å². The van der Waals surface area contributed by atoms with Gasteiger partial charge in [0.25, 0.3) is 0 Å². The molecule has 2 aromatic rings. The Balaban J connectivity index is 1.78. The molecule has 0 saturated heterocycles. The van der Waals surface area contributed by atoms with Crippen LogP contribution in [0.5, 0.6) is 0 Å². The quantitative estimate of drug-likeness (QED) is 0.555. The van der Waals surface area contributed by atoms with Crippen molar-refractivity contribution in [1.82, 2.24) is 4.41 Å². The molecule has 0 radical (unpaired) electrons. The van der Waals surface area contributed by atoms with Gasteiger partial charge >= 0.3 is 6.18 Å². The summed E-state index contributed by atoms with van der Waals surface area (Å²) in [5, 5.41) is 16.5. The van der Waals surface area contributed by atoms with E-state index >= 15 is 0 Å². The Labute approximate surface area is 168 Å². The SMILES string of the molecule is Cc1ccc(C2=NN3SC=C(c4ccc(F)cc4)N=C3[C@](O)(C(F)(F)F)C2)cc1. The third-order valence-corrected chi connectivity index (χ3v) is 5.45. The van der Waals surface area contributed by atoms with E-state index in [1.54, 1.807) is 24.3 Å². The van der Waals surface area contributed by atoms with E-state index in [0.29, 0.717) is 11.1 Å². The highest BCUT2D eigenvalue weighted by atomic mass is 32.2. The molecule has 150 valence electrons. The van der Waals surface area contributed by atoms with Crippen molar-refractivity contribution < 1.29 is 22.7 Å². The van der Waals surface area contributed by atoms with Crippen LogP contribution < -0.4 is 0 Å². The number of halogens is 4. The lowest BCUT2D eigenvalue weighted by Crippen LogP contribution is -2.59. The van der Waals surface area contributed by atoms with Gasteiger partial charge in [0, 0.05) is 29.3 Å². The van der Waals surface area contributed by atoms with Crippen molar-refractivity contribution >= 4 is 29.2 Å². The van der Waals surface area contributed by atoms with E-state index in [1.165, 1.54) is 29.7 Å². The number of amidine groups is 1. The minimum absolute atomic E-state index is 0.106. The first-order chi connectivity index (χ1) is 13.7. The standard InChI is InChI=1S/C20H15F4N3OS/c1-12-2-4-13(5-3-12)16-10-19(28,20(22,23)24)18-25-17(11-29-27(18)26-16)14-6-8-15(21)9-7-14/h2-9,11,28H,10H2,1H3/t19-/m0/s1. The van der Waals surface area contributed by atoms with E-state index in [2.05, 4.69) is 10.1 Å². The molecule has 2 aromatic carbocycles. The minimum Gasteiger partial charge on any atom is -0.374 e. The molecule has 0 bridgehead atoms. The monoisotopic (exact) mass is 421 g/mol. The Kier molecular flexibility index (Phi) is 4.74. The van der Waals surface area contributed by atoms with Crippen LogP contribution in [0.1, 0.15) is 23.1 Å². The number of aryl methyl sites for hydroxylation is 1. The van der Waals surface area contributed by atoms with Crippen LogP contribution in [0.4, 0.5) is 17.6 Å². The van der Waals surface area contributed by atoms with Crippen LogP contribution in [-0.2, 0) is 0 Å². The summed E-state index contributed by atoms with van der Waals surface area (Å²) >= 11 is 0.873. The molecule has 0 saturated carbocycles. The van der Waals surface area contributed by atoms with Crippen LogP contribution >= 0.6 is 11.9 Å². The highest BCUT2D eigenvalue weighted by molar-refractivity contribution is 8.00. The average molecular weight is 421 g/mol. The number of benzene rings is 2. The number of aliphatic hydroxyl groups is 1. The van der Waals surface area contributed by atoms with Crippen molar-refractivity contribution in [2.24, 2.45) is 10.1 Å². The second kappa shape index (κ2) is 7.00. The smallest absolute Gasteiger partial charge is 0.374 e. The van der Waals surface area contributed by atoms with E-state index in [-0.39, 0.29) is 11.4 Å². The Morgan fingerprint density at radius 1 is 1.03 bits per heavy atom. The van der Waals surface area contributed by atoms with Gasteiger partial charge in [-0.3, -0.25) is 0 Å². The van der Waals surface area contributed by atoms with Crippen molar-refractivity contribution in [2.75, 3.05) is 0 Å². The van der Waals surface area contributed by atoms with Crippen LogP contribution in [-0.4, -0.2) is 32.8 Å². The average Bonchev–Trinajstić information content (AvgIpc) is 2.68. The number of fused-ring (bicyclic) bond motifs is 1. The van der Waals surface area contributed by atoms with Gasteiger partial charge in [-0.1, -0.05) is 29.8 Å². The fourth-order valence-corrected chi connectivity index (χ4v) is 3.83. The molecule has 0 amide bonds. The van der Waals surface area contributed by atoms with Gasteiger partial charge in [0.15, 0.2) is 5.84 Å². The van der Waals surface area contributed by atoms with Crippen molar-refractivity contribution in [2.45, 2.75) is 25.1 Å². The van der Waals surface area contributed by atoms with Gasteiger partial charge in [0.05, 0.1) is 11.4 Å². The predicted molar refractivity (Wildman–Crippen MR) is 105 cm³/mol. The molecule has 2 aliphatic heterocycles. The van der Waals surface area contributed by atoms with Crippen molar-refractivity contribution in [3.8, 4) is 0 Å². The maximum absolute atomic E-state index is 13.9. The van der Waals surface area contributed by atoms with E-state index in [0.717, 1.165) is 21.9 Å². The van der Waals surface area contributed by atoms with E-state index in [1.807, 2.05) is 6.92 Å². The first-order valence-corrected chi connectivity index (χ1v) is 9.47. The molecular weight excluding hydrogens is 406 g/mol. The number of nitrogens with zero attached hydrogens (tertiary/aromatic N) is 3. The van der Waals surface area contributed by atoms with E-state index in [4.69, 9.17) is 0 Å². The third-order valence-electron chi connectivity index (χ3n) is 4.67. The molecule has 1 N–H and O–H groups in total. The molecule has 0 aliphatic carbocycles. The van der Waals surface area contributed by atoms with Gasteiger partial charge in [-0.05, 0) is 36.8 Å². The molecule has 1 atom stereocenters. The lowest BCUT2D eigenvalue weighted by Gasteiger charge is -2.40. The van der Waals surface area contributed by atoms with Crippen molar-refractivity contribution in [3.05, 3.63) is 76.4 Å². The molecule has 0 unspecified atom stereocenters. The first-order valence-electron chi connectivity index (χ1n) is 8.63. The van der Waals surface area contributed by atoms with Crippen LogP contribution in [0.3, 0.4) is 0 Å². The zero-order valence-electron chi connectivity index (χ0n) is 15.1. The molecule has 29 heavy (non-hydrogen) atoms. The largest absolute Gasteiger partial charge is 0.425 e. The summed E-state index contributed by atoms with van der Waals surface area (Å²) in [6.07, 6.45) is -5.73. The normalized spacial score (nSPS) is 21.9. The maximum atomic E-state index is 13.9.